The average molecular weight is 418 g/mol. The molecular weight excluding hydrogens is 404 g/mol. The van der Waals surface area contributed by atoms with E-state index in [2.05, 4.69) is 25.3 Å². The Morgan fingerprint density at radius 3 is 2.15 bits per heavy atom. The fraction of sp³-hybridized carbons (Fsp3) is 0.250. The van der Waals surface area contributed by atoms with Crippen molar-refractivity contribution >= 4 is 31.8 Å². The lowest BCUT2D eigenvalue weighted by Crippen LogP contribution is -2.35. The first-order valence-corrected chi connectivity index (χ1v) is 10.3. The molecule has 0 spiro atoms. The zero-order valence-electron chi connectivity index (χ0n) is 14.2. The molecule has 0 atom stereocenters. The van der Waals surface area contributed by atoms with Crippen molar-refractivity contribution in [2.45, 2.75) is 9.92 Å². The molecule has 0 radical (unpaired) electrons. The van der Waals surface area contributed by atoms with Gasteiger partial charge >= 0.3 is 18.1 Å². The largest absolute Gasteiger partial charge is 0.467 e. The Balaban J connectivity index is 2.29. The van der Waals surface area contributed by atoms with Crippen LogP contribution in [0.4, 0.5) is 10.7 Å². The lowest BCUT2D eigenvalue weighted by atomic mass is 10.5. The summed E-state index contributed by atoms with van der Waals surface area (Å²) in [6.45, 7) is 0. The minimum atomic E-state index is -4.56. The number of carbonyl (C=O) groups excluding carboxylic acids is 1. The van der Waals surface area contributed by atoms with Crippen molar-refractivity contribution in [1.29, 1.82) is 0 Å². The van der Waals surface area contributed by atoms with Gasteiger partial charge in [0, 0.05) is 12.5 Å². The van der Waals surface area contributed by atoms with E-state index in [1.165, 1.54) is 20.3 Å². The van der Waals surface area contributed by atoms with Crippen molar-refractivity contribution in [2.75, 3.05) is 25.8 Å². The monoisotopic (exact) mass is 418 g/mol. The number of aromatic nitrogens is 4. The molecule has 13 nitrogen and oxygen atoms in total. The number of urea groups is 1. The van der Waals surface area contributed by atoms with Gasteiger partial charge in [0.25, 0.3) is 10.0 Å². The highest BCUT2D eigenvalue weighted by molar-refractivity contribution is 7.93. The number of hydrogen-bond donors (Lipinski definition) is 2. The SMILES string of the molecule is COc1nc(NC(=O)NS(=O)(=O)c2cccnc2S(C)(=O)=O)nc(OC)n1. The molecule has 0 fully saturated rings. The van der Waals surface area contributed by atoms with E-state index in [4.69, 9.17) is 9.47 Å². The molecule has 0 aliphatic carbocycles. The van der Waals surface area contributed by atoms with E-state index in [1.807, 2.05) is 0 Å². The molecule has 2 aromatic heterocycles. The Kier molecular flexibility index (Phi) is 5.75. The maximum Gasteiger partial charge on any atom is 0.335 e. The smallest absolute Gasteiger partial charge is 0.335 e. The van der Waals surface area contributed by atoms with E-state index in [9.17, 15) is 21.6 Å². The van der Waals surface area contributed by atoms with Crippen LogP contribution in [0.5, 0.6) is 12.0 Å². The van der Waals surface area contributed by atoms with Crippen LogP contribution in [0.25, 0.3) is 0 Å². The van der Waals surface area contributed by atoms with Gasteiger partial charge in [-0.1, -0.05) is 0 Å². The first-order chi connectivity index (χ1) is 12.6. The molecule has 0 bridgehead atoms. The fourth-order valence-corrected chi connectivity index (χ4v) is 4.15. The van der Waals surface area contributed by atoms with Gasteiger partial charge in [-0.25, -0.2) is 31.3 Å². The molecule has 0 saturated carbocycles. The van der Waals surface area contributed by atoms with Crippen molar-refractivity contribution < 1.29 is 31.1 Å². The van der Waals surface area contributed by atoms with Gasteiger partial charge in [-0.2, -0.15) is 9.97 Å². The number of hydrogen-bond acceptors (Lipinski definition) is 11. The van der Waals surface area contributed by atoms with Crippen LogP contribution in [0.15, 0.2) is 28.3 Å². The summed E-state index contributed by atoms with van der Waals surface area (Å²) in [6.07, 6.45) is 1.90. The summed E-state index contributed by atoms with van der Waals surface area (Å²) in [5.41, 5.74) is 0. The number of nitrogens with zero attached hydrogens (tertiary/aromatic N) is 4. The Morgan fingerprint density at radius 2 is 1.63 bits per heavy atom. The second-order valence-electron chi connectivity index (χ2n) is 4.77. The van der Waals surface area contributed by atoms with Crippen LogP contribution >= 0.6 is 0 Å². The molecule has 2 amide bonds. The standard InChI is InChI=1S/C12H14N6O7S2/c1-24-11-15-9(16-12(17-11)25-2)14-10(19)18-27(22,23)7-5-4-6-13-8(7)26(3,20)21/h4-6H,1-3H3,(H2,14,15,16,17,18,19). The van der Waals surface area contributed by atoms with Crippen molar-refractivity contribution in [3.63, 3.8) is 0 Å². The highest BCUT2D eigenvalue weighted by atomic mass is 32.2. The predicted molar refractivity (Wildman–Crippen MR) is 89.6 cm³/mol. The van der Waals surface area contributed by atoms with Crippen LogP contribution in [-0.2, 0) is 19.9 Å². The number of nitrogens with one attached hydrogen (secondary N) is 2. The number of anilines is 1. The minimum absolute atomic E-state index is 0.188. The number of carbonyl (C=O) groups is 1. The summed E-state index contributed by atoms with van der Waals surface area (Å²) in [5, 5.41) is 1.35. The summed E-state index contributed by atoms with van der Waals surface area (Å²) < 4.78 is 59.4. The highest BCUT2D eigenvalue weighted by Crippen LogP contribution is 2.18. The van der Waals surface area contributed by atoms with Crippen molar-refractivity contribution in [2.24, 2.45) is 0 Å². The van der Waals surface area contributed by atoms with E-state index in [0.717, 1.165) is 18.5 Å². The second kappa shape index (κ2) is 7.67. The molecule has 2 heterocycles. The molecule has 2 N–H and O–H groups in total. The molecule has 0 aliphatic heterocycles. The van der Waals surface area contributed by atoms with E-state index in [-0.39, 0.29) is 18.0 Å². The van der Waals surface area contributed by atoms with Gasteiger partial charge in [0.2, 0.25) is 5.95 Å². The number of methoxy groups -OCH3 is 2. The number of rotatable bonds is 6. The number of sulfonamides is 1. The third kappa shape index (κ3) is 4.98. The molecule has 0 saturated heterocycles. The maximum atomic E-state index is 12.4. The van der Waals surface area contributed by atoms with Crippen LogP contribution in [-0.4, -0.2) is 63.3 Å². The van der Waals surface area contributed by atoms with Crippen LogP contribution in [0.3, 0.4) is 0 Å². The molecule has 2 aromatic rings. The first-order valence-electron chi connectivity index (χ1n) is 6.89. The van der Waals surface area contributed by atoms with Crippen LogP contribution in [0, 0.1) is 0 Å². The Labute approximate surface area is 154 Å². The van der Waals surface area contributed by atoms with Crippen molar-refractivity contribution in [1.82, 2.24) is 24.7 Å². The average Bonchev–Trinajstić information content (AvgIpc) is 2.60. The van der Waals surface area contributed by atoms with E-state index >= 15 is 0 Å². The summed E-state index contributed by atoms with van der Waals surface area (Å²) in [5.74, 6) is -0.360. The summed E-state index contributed by atoms with van der Waals surface area (Å²) in [7, 11) is -6.00. The van der Waals surface area contributed by atoms with Gasteiger partial charge < -0.3 is 9.47 Å². The normalized spacial score (nSPS) is 11.5. The van der Waals surface area contributed by atoms with E-state index in [1.54, 1.807) is 4.72 Å². The van der Waals surface area contributed by atoms with Gasteiger partial charge in [-0.05, 0) is 12.1 Å². The highest BCUT2D eigenvalue weighted by Gasteiger charge is 2.27. The third-order valence-corrected chi connectivity index (χ3v) is 5.31. The summed E-state index contributed by atoms with van der Waals surface area (Å²) in [6, 6.07) is 0.573. The number of sulfone groups is 1. The number of amides is 2. The molecule has 0 aliphatic rings. The van der Waals surface area contributed by atoms with Gasteiger partial charge in [-0.15, -0.1) is 4.98 Å². The molecule has 27 heavy (non-hydrogen) atoms. The quantitative estimate of drug-likeness (QED) is 0.599. The lowest BCUT2D eigenvalue weighted by Gasteiger charge is -2.10. The van der Waals surface area contributed by atoms with Crippen LogP contribution < -0.4 is 19.5 Å². The van der Waals surface area contributed by atoms with Gasteiger partial charge in [0.05, 0.1) is 14.2 Å². The van der Waals surface area contributed by atoms with Gasteiger partial charge in [0.15, 0.2) is 14.9 Å². The van der Waals surface area contributed by atoms with Crippen LogP contribution in [0.2, 0.25) is 0 Å². The third-order valence-electron chi connectivity index (χ3n) is 2.79. The Morgan fingerprint density at radius 1 is 1.04 bits per heavy atom. The molecule has 2 rings (SSSR count). The van der Waals surface area contributed by atoms with Crippen LogP contribution in [0.1, 0.15) is 0 Å². The van der Waals surface area contributed by atoms with Crippen molar-refractivity contribution in [3.05, 3.63) is 18.3 Å². The lowest BCUT2D eigenvalue weighted by molar-refractivity contribution is 0.256. The van der Waals surface area contributed by atoms with Gasteiger partial charge in [-0.3, -0.25) is 5.32 Å². The maximum absolute atomic E-state index is 12.4. The molecule has 146 valence electrons. The van der Waals surface area contributed by atoms with E-state index in [0.29, 0.717) is 0 Å². The topological polar surface area (TPSA) is 179 Å². The zero-order valence-corrected chi connectivity index (χ0v) is 15.8. The summed E-state index contributed by atoms with van der Waals surface area (Å²) >= 11 is 0. The Bertz CT molecular complexity index is 1050. The van der Waals surface area contributed by atoms with E-state index < -0.39 is 35.8 Å². The molecule has 15 heteroatoms. The van der Waals surface area contributed by atoms with Crippen molar-refractivity contribution in [3.8, 4) is 12.0 Å². The number of ether oxygens (including phenoxy) is 2. The predicted octanol–water partition coefficient (Wildman–Crippen LogP) is -0.802. The summed E-state index contributed by atoms with van der Waals surface area (Å²) in [4.78, 5) is 26.0. The zero-order chi connectivity index (χ0) is 20.2. The van der Waals surface area contributed by atoms with Gasteiger partial charge in [0.1, 0.15) is 4.90 Å². The molecular formula is C12H14N6O7S2. The minimum Gasteiger partial charge on any atom is -0.467 e. The fourth-order valence-electron chi connectivity index (χ4n) is 1.74. The second-order valence-corrected chi connectivity index (χ2v) is 8.35. The number of pyridine rings is 1. The molecule has 0 aromatic carbocycles. The molecule has 0 unspecified atom stereocenters. The first kappa shape index (κ1) is 20.2. The Hall–Kier alpha value is -3.07.